The summed E-state index contributed by atoms with van der Waals surface area (Å²) in [5.41, 5.74) is 0.498. The number of hydrogen-bond donors (Lipinski definition) is 1. The lowest BCUT2D eigenvalue weighted by molar-refractivity contribution is 0.102. The summed E-state index contributed by atoms with van der Waals surface area (Å²) < 4.78 is 14.2. The summed E-state index contributed by atoms with van der Waals surface area (Å²) in [4.78, 5) is 29.2. The third-order valence-electron chi connectivity index (χ3n) is 2.99. The zero-order valence-corrected chi connectivity index (χ0v) is 11.8. The predicted octanol–water partition coefficient (Wildman–Crippen LogP) is 2.46. The number of nitrogens with zero attached hydrogens (tertiary/aromatic N) is 2. The molecule has 0 atom stereocenters. The highest BCUT2D eigenvalue weighted by molar-refractivity contribution is 7.15. The van der Waals surface area contributed by atoms with Crippen LogP contribution in [-0.4, -0.2) is 15.3 Å². The van der Waals surface area contributed by atoms with Crippen molar-refractivity contribution in [2.24, 2.45) is 0 Å². The van der Waals surface area contributed by atoms with Crippen LogP contribution in [0.3, 0.4) is 0 Å². The zero-order valence-electron chi connectivity index (χ0n) is 11.0. The minimum atomic E-state index is -0.479. The van der Waals surface area contributed by atoms with Crippen LogP contribution in [0.25, 0.3) is 4.96 Å². The van der Waals surface area contributed by atoms with Crippen molar-refractivity contribution in [2.75, 3.05) is 5.32 Å². The van der Waals surface area contributed by atoms with Crippen LogP contribution in [0.4, 0.5) is 10.1 Å². The lowest BCUT2D eigenvalue weighted by Gasteiger charge is -2.07. The quantitative estimate of drug-likeness (QED) is 0.791. The van der Waals surface area contributed by atoms with Crippen LogP contribution >= 0.6 is 11.3 Å². The molecule has 0 saturated carbocycles. The molecule has 0 radical (unpaired) electrons. The molecule has 0 aliphatic rings. The van der Waals surface area contributed by atoms with Crippen molar-refractivity contribution >= 4 is 27.9 Å². The van der Waals surface area contributed by atoms with Crippen LogP contribution in [-0.2, 0) is 0 Å². The number of anilines is 1. The number of fused-ring (bicyclic) bond motifs is 1. The van der Waals surface area contributed by atoms with Gasteiger partial charge in [0.25, 0.3) is 11.5 Å². The average Bonchev–Trinajstić information content (AvgIpc) is 2.92. The molecule has 0 spiro atoms. The summed E-state index contributed by atoms with van der Waals surface area (Å²) in [5.74, 6) is -0.906. The van der Waals surface area contributed by atoms with Crippen molar-refractivity contribution < 1.29 is 9.18 Å². The minimum absolute atomic E-state index is 0.125. The number of nitrogens with one attached hydrogen (secondary N) is 1. The van der Waals surface area contributed by atoms with Crippen LogP contribution < -0.4 is 10.9 Å². The van der Waals surface area contributed by atoms with E-state index < -0.39 is 11.7 Å². The number of aromatic nitrogens is 2. The Balaban J connectivity index is 1.99. The van der Waals surface area contributed by atoms with Gasteiger partial charge in [0.2, 0.25) is 0 Å². The monoisotopic (exact) mass is 303 g/mol. The van der Waals surface area contributed by atoms with Gasteiger partial charge in [0.05, 0.1) is 5.69 Å². The van der Waals surface area contributed by atoms with Crippen LogP contribution in [0.15, 0.2) is 40.6 Å². The lowest BCUT2D eigenvalue weighted by atomic mass is 10.2. The molecular weight excluding hydrogens is 293 g/mol. The molecule has 21 heavy (non-hydrogen) atoms. The average molecular weight is 303 g/mol. The van der Waals surface area contributed by atoms with Gasteiger partial charge in [-0.25, -0.2) is 9.37 Å². The first kappa shape index (κ1) is 13.4. The molecule has 0 aliphatic heterocycles. The van der Waals surface area contributed by atoms with E-state index in [-0.39, 0.29) is 16.8 Å². The van der Waals surface area contributed by atoms with Gasteiger partial charge in [-0.3, -0.25) is 14.0 Å². The van der Waals surface area contributed by atoms with E-state index >= 15 is 0 Å². The number of halogens is 1. The molecule has 3 rings (SSSR count). The van der Waals surface area contributed by atoms with E-state index in [4.69, 9.17) is 0 Å². The lowest BCUT2D eigenvalue weighted by Crippen LogP contribution is -2.24. The Hall–Kier alpha value is -2.54. The number of carbonyl (C=O) groups excluding carboxylic acids is 1. The molecule has 2 heterocycles. The summed E-state index contributed by atoms with van der Waals surface area (Å²) in [5, 5.41) is 4.29. The number of aryl methyl sites for hydroxylation is 1. The molecule has 2 aromatic heterocycles. The van der Waals surface area contributed by atoms with Crippen molar-refractivity contribution in [1.82, 2.24) is 9.38 Å². The second-order valence-electron chi connectivity index (χ2n) is 4.39. The van der Waals surface area contributed by atoms with E-state index in [1.54, 1.807) is 18.5 Å². The Labute approximate surface area is 122 Å². The topological polar surface area (TPSA) is 63.5 Å². The van der Waals surface area contributed by atoms with Crippen LogP contribution in [0, 0.1) is 12.7 Å². The van der Waals surface area contributed by atoms with Crippen molar-refractivity contribution in [2.45, 2.75) is 6.92 Å². The first-order valence-corrected chi connectivity index (χ1v) is 6.97. The molecule has 1 amide bonds. The van der Waals surface area contributed by atoms with E-state index in [2.05, 4.69) is 10.3 Å². The predicted molar refractivity (Wildman–Crippen MR) is 78.4 cm³/mol. The fraction of sp³-hybridized carbons (Fsp3) is 0.0714. The van der Waals surface area contributed by atoms with Gasteiger partial charge < -0.3 is 5.32 Å². The molecule has 3 aromatic rings. The number of amides is 1. The van der Waals surface area contributed by atoms with E-state index in [1.165, 1.54) is 40.0 Å². The van der Waals surface area contributed by atoms with E-state index in [9.17, 15) is 14.0 Å². The largest absolute Gasteiger partial charge is 0.316 e. The van der Waals surface area contributed by atoms with Gasteiger partial charge in [-0.15, -0.1) is 11.3 Å². The molecule has 0 unspecified atom stereocenters. The van der Waals surface area contributed by atoms with Gasteiger partial charge in [0.1, 0.15) is 11.5 Å². The highest BCUT2D eigenvalue weighted by atomic mass is 32.1. The first-order valence-electron chi connectivity index (χ1n) is 6.09. The zero-order chi connectivity index (χ0) is 15.0. The van der Waals surface area contributed by atoms with Crippen molar-refractivity contribution in [3.63, 3.8) is 0 Å². The van der Waals surface area contributed by atoms with Crippen molar-refractivity contribution in [3.05, 3.63) is 63.3 Å². The molecule has 0 saturated heterocycles. The van der Waals surface area contributed by atoms with Gasteiger partial charge in [0, 0.05) is 17.1 Å². The maximum absolute atomic E-state index is 12.9. The minimum Gasteiger partial charge on any atom is -0.316 e. The Bertz CT molecular complexity index is 883. The molecule has 5 nitrogen and oxygen atoms in total. The third-order valence-corrected chi connectivity index (χ3v) is 3.75. The summed E-state index contributed by atoms with van der Waals surface area (Å²) in [6.07, 6.45) is 1.60. The molecule has 0 bridgehead atoms. The molecule has 1 aromatic carbocycles. The second-order valence-corrected chi connectivity index (χ2v) is 5.27. The Kier molecular flexibility index (Phi) is 3.26. The summed E-state index contributed by atoms with van der Waals surface area (Å²) in [6.45, 7) is 1.65. The summed E-state index contributed by atoms with van der Waals surface area (Å²) >= 11 is 1.34. The SMILES string of the molecule is Cc1nc2sccn2c(=O)c1NC(=O)c1ccc(F)cc1. The molecular formula is C14H10FN3O2S. The van der Waals surface area contributed by atoms with Crippen molar-refractivity contribution in [3.8, 4) is 0 Å². The number of benzene rings is 1. The molecule has 7 heteroatoms. The Morgan fingerprint density at radius 3 is 2.76 bits per heavy atom. The number of hydrogen-bond acceptors (Lipinski definition) is 4. The van der Waals surface area contributed by atoms with Crippen LogP contribution in [0.2, 0.25) is 0 Å². The maximum Gasteiger partial charge on any atom is 0.282 e. The highest BCUT2D eigenvalue weighted by Crippen LogP contribution is 2.14. The smallest absolute Gasteiger partial charge is 0.282 e. The normalized spacial score (nSPS) is 10.8. The highest BCUT2D eigenvalue weighted by Gasteiger charge is 2.14. The van der Waals surface area contributed by atoms with Gasteiger partial charge in [0.15, 0.2) is 4.96 Å². The number of rotatable bonds is 2. The maximum atomic E-state index is 12.9. The van der Waals surface area contributed by atoms with Gasteiger partial charge in [-0.2, -0.15) is 0 Å². The Morgan fingerprint density at radius 1 is 1.33 bits per heavy atom. The van der Waals surface area contributed by atoms with Gasteiger partial charge in [-0.1, -0.05) is 0 Å². The third kappa shape index (κ3) is 2.43. The molecule has 106 valence electrons. The van der Waals surface area contributed by atoms with Gasteiger partial charge >= 0.3 is 0 Å². The van der Waals surface area contributed by atoms with Crippen molar-refractivity contribution in [1.29, 1.82) is 0 Å². The Morgan fingerprint density at radius 2 is 2.05 bits per heavy atom. The summed E-state index contributed by atoms with van der Waals surface area (Å²) in [7, 11) is 0. The molecule has 1 N–H and O–H groups in total. The molecule has 0 aliphatic carbocycles. The second kappa shape index (κ2) is 5.10. The first-order chi connectivity index (χ1) is 10.1. The fourth-order valence-electron chi connectivity index (χ4n) is 1.91. The fourth-order valence-corrected chi connectivity index (χ4v) is 2.66. The van der Waals surface area contributed by atoms with E-state index in [0.717, 1.165) is 0 Å². The molecule has 0 fully saturated rings. The van der Waals surface area contributed by atoms with Crippen LogP contribution in [0.5, 0.6) is 0 Å². The van der Waals surface area contributed by atoms with Crippen LogP contribution in [0.1, 0.15) is 16.1 Å². The summed E-state index contributed by atoms with van der Waals surface area (Å²) in [6, 6.07) is 5.09. The standard InChI is InChI=1S/C14H10FN3O2S/c1-8-11(13(20)18-6-7-21-14(18)16-8)17-12(19)9-2-4-10(15)5-3-9/h2-7H,1H3,(H,17,19). The number of thiazole rings is 1. The van der Waals surface area contributed by atoms with E-state index in [1.807, 2.05) is 0 Å². The number of carbonyl (C=O) groups is 1. The van der Waals surface area contributed by atoms with Gasteiger partial charge in [-0.05, 0) is 31.2 Å². The van der Waals surface area contributed by atoms with E-state index in [0.29, 0.717) is 10.7 Å².